The van der Waals surface area contributed by atoms with E-state index in [1.165, 1.54) is 24.1 Å². The lowest BCUT2D eigenvalue weighted by molar-refractivity contribution is 0.793. The quantitative estimate of drug-likeness (QED) is 0.846. The smallest absolute Gasteiger partial charge is 0.0569 e. The van der Waals surface area contributed by atoms with Gasteiger partial charge >= 0.3 is 0 Å². The summed E-state index contributed by atoms with van der Waals surface area (Å²) in [5.41, 5.74) is 2.61. The highest BCUT2D eigenvalue weighted by molar-refractivity contribution is 9.10. The topological polar surface area (TPSA) is 16.1 Å². The van der Waals surface area contributed by atoms with Gasteiger partial charge in [-0.2, -0.15) is 11.3 Å². The van der Waals surface area contributed by atoms with Gasteiger partial charge in [0, 0.05) is 23.3 Å². The van der Waals surface area contributed by atoms with Crippen molar-refractivity contribution in [2.24, 2.45) is 0 Å². The summed E-state index contributed by atoms with van der Waals surface area (Å²) in [6.45, 7) is 0.992. The molecule has 4 heteroatoms. The number of rotatable bonds is 4. The van der Waals surface area contributed by atoms with Gasteiger partial charge in [-0.15, -0.1) is 0 Å². The molecule has 2 nitrogen and oxygen atoms in total. The molecule has 0 aromatic carbocycles. The number of hydrogen-bond acceptors (Lipinski definition) is 3. The van der Waals surface area contributed by atoms with Crippen LogP contribution in [0.25, 0.3) is 0 Å². The van der Waals surface area contributed by atoms with Crippen LogP contribution in [0.5, 0.6) is 0 Å². The zero-order chi connectivity index (χ0) is 11.7. The second kappa shape index (κ2) is 4.78. The van der Waals surface area contributed by atoms with Crippen LogP contribution >= 0.6 is 27.3 Å². The van der Waals surface area contributed by atoms with Crippen LogP contribution in [0.2, 0.25) is 0 Å². The number of nitrogens with zero attached hydrogens (tertiary/aromatic N) is 2. The maximum atomic E-state index is 4.26. The van der Waals surface area contributed by atoms with Crippen molar-refractivity contribution in [1.29, 1.82) is 0 Å². The Labute approximate surface area is 113 Å². The van der Waals surface area contributed by atoms with Gasteiger partial charge in [0.1, 0.15) is 0 Å². The molecule has 0 bridgehead atoms. The van der Waals surface area contributed by atoms with Gasteiger partial charge in [0.05, 0.1) is 11.9 Å². The molecule has 0 N–H and O–H groups in total. The highest BCUT2D eigenvalue weighted by atomic mass is 79.9. The van der Waals surface area contributed by atoms with E-state index in [-0.39, 0.29) is 0 Å². The lowest BCUT2D eigenvalue weighted by Gasteiger charge is -2.24. The first-order valence-corrected chi connectivity index (χ1v) is 7.45. The average molecular weight is 309 g/mol. The highest BCUT2D eigenvalue weighted by Gasteiger charge is 2.29. The molecule has 2 aromatic heterocycles. The molecular weight excluding hydrogens is 296 g/mol. The highest BCUT2D eigenvalue weighted by Crippen LogP contribution is 2.33. The third-order valence-corrected chi connectivity index (χ3v) is 4.11. The predicted molar refractivity (Wildman–Crippen MR) is 75.5 cm³/mol. The van der Waals surface area contributed by atoms with Crippen molar-refractivity contribution in [3.8, 4) is 0 Å². The van der Waals surface area contributed by atoms with Crippen LogP contribution in [0.4, 0.5) is 5.69 Å². The van der Waals surface area contributed by atoms with Crippen LogP contribution in [0, 0.1) is 0 Å². The Morgan fingerprint density at radius 1 is 1.41 bits per heavy atom. The summed E-state index contributed by atoms with van der Waals surface area (Å²) in [7, 11) is 0. The molecule has 0 atom stereocenters. The lowest BCUT2D eigenvalue weighted by Crippen LogP contribution is -2.24. The number of thiophene rings is 1. The van der Waals surface area contributed by atoms with Gasteiger partial charge in [0.25, 0.3) is 0 Å². The Balaban J connectivity index is 1.85. The summed E-state index contributed by atoms with van der Waals surface area (Å²) in [5.74, 6) is 0. The Bertz CT molecular complexity index is 494. The van der Waals surface area contributed by atoms with Crippen molar-refractivity contribution in [3.05, 3.63) is 45.3 Å². The van der Waals surface area contributed by atoms with E-state index in [1.807, 2.05) is 12.4 Å². The molecule has 2 aromatic rings. The second-order valence-corrected chi connectivity index (χ2v) is 6.05. The third-order valence-electron chi connectivity index (χ3n) is 2.94. The van der Waals surface area contributed by atoms with E-state index in [9.17, 15) is 0 Å². The van der Waals surface area contributed by atoms with Gasteiger partial charge in [-0.25, -0.2) is 0 Å². The van der Waals surface area contributed by atoms with Crippen LogP contribution in [0.3, 0.4) is 0 Å². The average Bonchev–Trinajstić information content (AvgIpc) is 3.03. The fraction of sp³-hybridized carbons (Fsp3) is 0.308. The van der Waals surface area contributed by atoms with Gasteiger partial charge in [-0.1, -0.05) is 0 Å². The minimum absolute atomic E-state index is 0.700. The van der Waals surface area contributed by atoms with Crippen molar-refractivity contribution in [2.45, 2.75) is 25.4 Å². The van der Waals surface area contributed by atoms with E-state index in [4.69, 9.17) is 0 Å². The molecule has 3 rings (SSSR count). The van der Waals surface area contributed by atoms with Crippen LogP contribution in [0.15, 0.2) is 39.8 Å². The largest absolute Gasteiger partial charge is 0.363 e. The van der Waals surface area contributed by atoms with Crippen LogP contribution in [0.1, 0.15) is 18.4 Å². The molecule has 2 heterocycles. The number of aromatic nitrogens is 1. The lowest BCUT2D eigenvalue weighted by atomic mass is 10.2. The summed E-state index contributed by atoms with van der Waals surface area (Å²) in [5, 5.41) is 4.36. The molecule has 1 aliphatic rings. The number of hydrogen-bond donors (Lipinski definition) is 0. The molecule has 0 spiro atoms. The monoisotopic (exact) mass is 308 g/mol. The Morgan fingerprint density at radius 3 is 2.94 bits per heavy atom. The molecular formula is C13H13BrN2S. The van der Waals surface area contributed by atoms with E-state index < -0.39 is 0 Å². The molecule has 1 aliphatic carbocycles. The molecule has 1 saturated carbocycles. The fourth-order valence-electron chi connectivity index (χ4n) is 1.95. The maximum Gasteiger partial charge on any atom is 0.0569 e. The first-order chi connectivity index (χ1) is 8.33. The van der Waals surface area contributed by atoms with Crippen molar-refractivity contribution in [3.63, 3.8) is 0 Å². The van der Waals surface area contributed by atoms with Crippen molar-refractivity contribution >= 4 is 33.0 Å². The minimum atomic E-state index is 0.700. The Morgan fingerprint density at radius 2 is 2.29 bits per heavy atom. The first kappa shape index (κ1) is 11.2. The van der Waals surface area contributed by atoms with Crippen molar-refractivity contribution in [1.82, 2.24) is 4.98 Å². The van der Waals surface area contributed by atoms with Crippen LogP contribution < -0.4 is 4.90 Å². The molecule has 0 unspecified atom stereocenters. The third kappa shape index (κ3) is 2.69. The normalized spacial score (nSPS) is 14.9. The molecule has 0 amide bonds. The molecule has 0 radical (unpaired) electrons. The van der Waals surface area contributed by atoms with Gasteiger partial charge in [-0.05, 0) is 57.2 Å². The van der Waals surface area contributed by atoms with E-state index in [0.717, 1.165) is 11.0 Å². The first-order valence-electron chi connectivity index (χ1n) is 5.71. The summed E-state index contributed by atoms with van der Waals surface area (Å²) in [6, 6.07) is 5.05. The van der Waals surface area contributed by atoms with Crippen LogP contribution in [-0.2, 0) is 6.54 Å². The Hall–Kier alpha value is -0.870. The summed E-state index contributed by atoms with van der Waals surface area (Å²) < 4.78 is 1.05. The van der Waals surface area contributed by atoms with E-state index >= 15 is 0 Å². The van der Waals surface area contributed by atoms with Gasteiger partial charge in [0.2, 0.25) is 0 Å². The summed E-state index contributed by atoms with van der Waals surface area (Å²) in [6.07, 6.45) is 6.39. The molecule has 17 heavy (non-hydrogen) atoms. The number of anilines is 1. The van der Waals surface area contributed by atoms with E-state index in [2.05, 4.69) is 48.7 Å². The minimum Gasteiger partial charge on any atom is -0.363 e. The zero-order valence-electron chi connectivity index (χ0n) is 9.34. The second-order valence-electron chi connectivity index (χ2n) is 4.35. The number of pyridine rings is 1. The predicted octanol–water partition coefficient (Wildman–Crippen LogP) is 4.07. The Kier molecular flexibility index (Phi) is 3.16. The van der Waals surface area contributed by atoms with Gasteiger partial charge in [0.15, 0.2) is 0 Å². The molecule has 1 fully saturated rings. The van der Waals surface area contributed by atoms with Gasteiger partial charge in [-0.3, -0.25) is 4.98 Å². The summed E-state index contributed by atoms with van der Waals surface area (Å²) in [4.78, 5) is 6.72. The molecule has 0 saturated heterocycles. The molecule has 0 aliphatic heterocycles. The standard InChI is InChI=1S/C13H13BrN2S/c14-11-5-13(7-15-6-11)16(12-1-2-12)8-10-3-4-17-9-10/h3-7,9,12H,1-2,8H2. The van der Waals surface area contributed by atoms with Crippen molar-refractivity contribution in [2.75, 3.05) is 4.90 Å². The van der Waals surface area contributed by atoms with E-state index in [1.54, 1.807) is 11.3 Å². The maximum absolute atomic E-state index is 4.26. The fourth-order valence-corrected chi connectivity index (χ4v) is 2.97. The van der Waals surface area contributed by atoms with E-state index in [0.29, 0.717) is 6.04 Å². The SMILES string of the molecule is Brc1cncc(N(Cc2ccsc2)C2CC2)c1. The number of halogens is 1. The molecule has 88 valence electrons. The van der Waals surface area contributed by atoms with Gasteiger partial charge < -0.3 is 4.90 Å². The summed E-state index contributed by atoms with van der Waals surface area (Å²) >= 11 is 5.25. The van der Waals surface area contributed by atoms with Crippen molar-refractivity contribution < 1.29 is 0 Å². The van der Waals surface area contributed by atoms with Crippen LogP contribution in [-0.4, -0.2) is 11.0 Å². The zero-order valence-corrected chi connectivity index (χ0v) is 11.7.